The first-order valence-corrected chi connectivity index (χ1v) is 7.58. The van der Waals surface area contributed by atoms with E-state index in [-0.39, 0.29) is 24.5 Å². The number of benzene rings is 1. The Morgan fingerprint density at radius 2 is 1.91 bits per heavy atom. The van der Waals surface area contributed by atoms with Crippen molar-refractivity contribution in [2.24, 2.45) is 0 Å². The first-order valence-electron chi connectivity index (χ1n) is 7.58. The number of carbonyl (C=O) groups excluding carboxylic acids is 2. The number of hydrogen-bond acceptors (Lipinski definition) is 4. The van der Waals surface area contributed by atoms with E-state index in [0.717, 1.165) is 5.56 Å². The zero-order valence-corrected chi connectivity index (χ0v) is 12.3. The van der Waals surface area contributed by atoms with Gasteiger partial charge in [0, 0.05) is 13.1 Å². The van der Waals surface area contributed by atoms with E-state index in [1.807, 2.05) is 30.3 Å². The third-order valence-electron chi connectivity index (χ3n) is 4.19. The molecule has 0 bridgehead atoms. The summed E-state index contributed by atoms with van der Waals surface area (Å²) in [6, 6.07) is 8.91. The molecule has 118 valence electrons. The van der Waals surface area contributed by atoms with Crippen LogP contribution in [-0.4, -0.2) is 53.7 Å². The van der Waals surface area contributed by atoms with Gasteiger partial charge in [0.1, 0.15) is 6.61 Å². The summed E-state index contributed by atoms with van der Waals surface area (Å²) in [5.41, 5.74) is 0.853. The second-order valence-corrected chi connectivity index (χ2v) is 5.74. The zero-order chi connectivity index (χ0) is 15.5. The zero-order valence-electron chi connectivity index (χ0n) is 12.3. The third kappa shape index (κ3) is 3.13. The quantitative estimate of drug-likeness (QED) is 0.819. The molecule has 3 rings (SSSR count). The number of amides is 2. The smallest absolute Gasteiger partial charge is 0.254 e. The van der Waals surface area contributed by atoms with Crippen LogP contribution in [0.3, 0.4) is 0 Å². The summed E-state index contributed by atoms with van der Waals surface area (Å²) in [6.07, 6.45) is 0.123. The molecule has 6 nitrogen and oxygen atoms in total. The highest BCUT2D eigenvalue weighted by atomic mass is 16.5. The summed E-state index contributed by atoms with van der Waals surface area (Å²) in [4.78, 5) is 26.1. The molecule has 2 N–H and O–H groups in total. The third-order valence-corrected chi connectivity index (χ3v) is 4.19. The van der Waals surface area contributed by atoms with Crippen molar-refractivity contribution in [3.05, 3.63) is 35.9 Å². The van der Waals surface area contributed by atoms with Gasteiger partial charge in [-0.15, -0.1) is 0 Å². The van der Waals surface area contributed by atoms with Crippen molar-refractivity contribution in [3.63, 3.8) is 0 Å². The maximum absolute atomic E-state index is 12.7. The van der Waals surface area contributed by atoms with Gasteiger partial charge in [-0.25, -0.2) is 0 Å². The number of nitrogens with zero attached hydrogens (tertiary/aromatic N) is 1. The molecule has 6 heteroatoms. The molecule has 2 atom stereocenters. The summed E-state index contributed by atoms with van der Waals surface area (Å²) in [6.45, 7) is 0.945. The topological polar surface area (TPSA) is 78.9 Å². The second-order valence-electron chi connectivity index (χ2n) is 5.74. The number of aliphatic hydroxyl groups is 1. The Balaban J connectivity index is 1.77. The number of rotatable bonds is 2. The van der Waals surface area contributed by atoms with Gasteiger partial charge in [-0.2, -0.15) is 0 Å². The summed E-state index contributed by atoms with van der Waals surface area (Å²) >= 11 is 0. The Labute approximate surface area is 129 Å². The van der Waals surface area contributed by atoms with Gasteiger partial charge in [-0.05, 0) is 18.4 Å². The van der Waals surface area contributed by atoms with Crippen molar-refractivity contribution >= 4 is 11.8 Å². The van der Waals surface area contributed by atoms with E-state index in [9.17, 15) is 14.7 Å². The Bertz CT molecular complexity index is 540. The molecule has 2 aliphatic heterocycles. The molecule has 1 aromatic carbocycles. The van der Waals surface area contributed by atoms with Crippen molar-refractivity contribution in [1.82, 2.24) is 10.2 Å². The fourth-order valence-electron chi connectivity index (χ4n) is 2.95. The van der Waals surface area contributed by atoms with Crippen LogP contribution < -0.4 is 5.32 Å². The van der Waals surface area contributed by atoms with E-state index < -0.39 is 12.1 Å². The monoisotopic (exact) mass is 304 g/mol. The highest BCUT2D eigenvalue weighted by Gasteiger charge is 2.39. The van der Waals surface area contributed by atoms with Crippen molar-refractivity contribution in [2.75, 3.05) is 19.7 Å². The number of piperidine rings is 1. The predicted octanol–water partition coefficient (Wildman–Crippen LogP) is 0.226. The minimum absolute atomic E-state index is 0.101. The maximum atomic E-state index is 12.7. The van der Waals surface area contributed by atoms with E-state index in [1.54, 1.807) is 4.90 Å². The normalized spacial score (nSPS) is 26.6. The summed E-state index contributed by atoms with van der Waals surface area (Å²) < 4.78 is 5.53. The van der Waals surface area contributed by atoms with Crippen LogP contribution >= 0.6 is 0 Å². The number of carbonyl (C=O) groups is 2. The summed E-state index contributed by atoms with van der Waals surface area (Å²) in [5, 5.41) is 12.4. The average molecular weight is 304 g/mol. The molecule has 0 radical (unpaired) electrons. The molecule has 2 amide bonds. The number of aliphatic hydroxyl groups excluding tert-OH is 1. The molecule has 0 aliphatic carbocycles. The van der Waals surface area contributed by atoms with Crippen molar-refractivity contribution in [2.45, 2.75) is 31.1 Å². The van der Waals surface area contributed by atoms with Gasteiger partial charge in [0.15, 0.2) is 6.10 Å². The lowest BCUT2D eigenvalue weighted by atomic mass is 9.98. The minimum atomic E-state index is -0.713. The number of nitrogens with one attached hydrogen (secondary N) is 1. The molecule has 1 aromatic rings. The van der Waals surface area contributed by atoms with Crippen LogP contribution in [0.4, 0.5) is 0 Å². The molecule has 0 spiro atoms. The van der Waals surface area contributed by atoms with Crippen LogP contribution in [0.5, 0.6) is 0 Å². The Kier molecular flexibility index (Phi) is 4.40. The number of ether oxygens (including phenoxy) is 1. The average Bonchev–Trinajstić information content (AvgIpc) is 2.56. The van der Waals surface area contributed by atoms with Gasteiger partial charge < -0.3 is 20.1 Å². The van der Waals surface area contributed by atoms with Gasteiger partial charge >= 0.3 is 0 Å². The Hall–Kier alpha value is -1.92. The van der Waals surface area contributed by atoms with Crippen LogP contribution in [0.1, 0.15) is 24.4 Å². The second kappa shape index (κ2) is 6.46. The standard InChI is InChI=1S/C16H20N2O4/c19-12-6-8-18(9-7-12)16(21)15-14(17-13(20)10-22-15)11-4-2-1-3-5-11/h1-5,12,14-15,19H,6-10H2,(H,17,20)/t14-,15+/m1/s1. The Morgan fingerprint density at radius 1 is 1.23 bits per heavy atom. The number of likely N-dealkylation sites (tertiary alicyclic amines) is 1. The van der Waals surface area contributed by atoms with Crippen LogP contribution in [-0.2, 0) is 14.3 Å². The van der Waals surface area contributed by atoms with E-state index >= 15 is 0 Å². The molecule has 0 unspecified atom stereocenters. The summed E-state index contributed by atoms with van der Waals surface area (Å²) in [5.74, 6) is -0.340. The maximum Gasteiger partial charge on any atom is 0.254 e. The molecule has 0 saturated carbocycles. The first kappa shape index (κ1) is 15.0. The van der Waals surface area contributed by atoms with Crippen LogP contribution in [0, 0.1) is 0 Å². The van der Waals surface area contributed by atoms with Crippen molar-refractivity contribution in [1.29, 1.82) is 0 Å². The molecule has 2 aliphatic rings. The predicted molar refractivity (Wildman–Crippen MR) is 78.9 cm³/mol. The first-order chi connectivity index (χ1) is 10.6. The molecule has 2 saturated heterocycles. The molecule has 2 fully saturated rings. The Morgan fingerprint density at radius 3 is 2.59 bits per heavy atom. The van der Waals surface area contributed by atoms with E-state index in [1.165, 1.54) is 0 Å². The van der Waals surface area contributed by atoms with Gasteiger partial charge in [-0.3, -0.25) is 9.59 Å². The van der Waals surface area contributed by atoms with Gasteiger partial charge in [0.25, 0.3) is 5.91 Å². The summed E-state index contributed by atoms with van der Waals surface area (Å²) in [7, 11) is 0. The molecular weight excluding hydrogens is 284 g/mol. The lowest BCUT2D eigenvalue weighted by Gasteiger charge is -2.37. The van der Waals surface area contributed by atoms with E-state index in [4.69, 9.17) is 4.74 Å². The lowest BCUT2D eigenvalue weighted by molar-refractivity contribution is -0.156. The number of morpholine rings is 1. The van der Waals surface area contributed by atoms with Crippen LogP contribution in [0.2, 0.25) is 0 Å². The molecule has 2 heterocycles. The van der Waals surface area contributed by atoms with E-state index in [0.29, 0.717) is 25.9 Å². The fourth-order valence-corrected chi connectivity index (χ4v) is 2.95. The molecule has 0 aromatic heterocycles. The fraction of sp³-hybridized carbons (Fsp3) is 0.500. The van der Waals surface area contributed by atoms with E-state index in [2.05, 4.69) is 5.32 Å². The lowest BCUT2D eigenvalue weighted by Crippen LogP contribution is -2.54. The van der Waals surface area contributed by atoms with Crippen LogP contribution in [0.15, 0.2) is 30.3 Å². The minimum Gasteiger partial charge on any atom is -0.393 e. The SMILES string of the molecule is O=C1CO[C@H](C(=O)N2CCC(O)CC2)[C@@H](c2ccccc2)N1. The largest absolute Gasteiger partial charge is 0.393 e. The molecular formula is C16H20N2O4. The van der Waals surface area contributed by atoms with Gasteiger partial charge in [-0.1, -0.05) is 30.3 Å². The van der Waals surface area contributed by atoms with Crippen molar-refractivity contribution < 1.29 is 19.4 Å². The van der Waals surface area contributed by atoms with Gasteiger partial charge in [0.2, 0.25) is 5.91 Å². The number of hydrogen-bond donors (Lipinski definition) is 2. The van der Waals surface area contributed by atoms with Crippen LogP contribution in [0.25, 0.3) is 0 Å². The highest BCUT2D eigenvalue weighted by Crippen LogP contribution is 2.25. The van der Waals surface area contributed by atoms with Crippen molar-refractivity contribution in [3.8, 4) is 0 Å². The molecule has 22 heavy (non-hydrogen) atoms. The van der Waals surface area contributed by atoms with Gasteiger partial charge in [0.05, 0.1) is 12.1 Å². The highest BCUT2D eigenvalue weighted by molar-refractivity contribution is 5.86.